The largest absolute Gasteiger partial charge is 0.461 e. The molecule has 1 aromatic heterocycles. The number of ether oxygens (including phenoxy) is 1. The molecule has 0 saturated heterocycles. The molecule has 0 aliphatic carbocycles. The molecule has 0 spiro atoms. The van der Waals surface area contributed by atoms with Gasteiger partial charge >= 0.3 is 5.97 Å². The van der Waals surface area contributed by atoms with Crippen molar-refractivity contribution in [2.75, 3.05) is 12.3 Å². The molecule has 5 nitrogen and oxygen atoms in total. The van der Waals surface area contributed by atoms with E-state index in [0.717, 1.165) is 0 Å². The number of nitrogens with two attached hydrogens (primary N) is 1. The van der Waals surface area contributed by atoms with Crippen molar-refractivity contribution in [3.05, 3.63) is 39.5 Å². The van der Waals surface area contributed by atoms with Crippen molar-refractivity contribution in [2.24, 2.45) is 0 Å². The number of nitrogen functional groups attached to an aromatic ring is 1. The van der Waals surface area contributed by atoms with E-state index in [1.807, 2.05) is 0 Å². The lowest BCUT2D eigenvalue weighted by molar-refractivity contribution is 0.0521. The van der Waals surface area contributed by atoms with Crippen LogP contribution >= 0.6 is 23.2 Å². The Morgan fingerprint density at radius 2 is 2.00 bits per heavy atom. The van der Waals surface area contributed by atoms with Gasteiger partial charge in [0, 0.05) is 0 Å². The Morgan fingerprint density at radius 3 is 2.52 bits per heavy atom. The normalized spacial score (nSPS) is 10.7. The maximum atomic E-state index is 13.5. The highest BCUT2D eigenvalue weighted by molar-refractivity contribution is 6.35. The number of rotatable bonds is 3. The SMILES string of the molecule is CCOC(=O)c1nc(C)n(-c2cc(Cl)c(F)c(Cl)c2)c1N. The van der Waals surface area contributed by atoms with Crippen molar-refractivity contribution >= 4 is 35.0 Å². The van der Waals surface area contributed by atoms with E-state index in [9.17, 15) is 9.18 Å². The van der Waals surface area contributed by atoms with Crippen LogP contribution in [0.2, 0.25) is 10.0 Å². The minimum atomic E-state index is -0.718. The maximum Gasteiger partial charge on any atom is 0.360 e. The molecule has 0 saturated carbocycles. The number of imidazole rings is 1. The fourth-order valence-corrected chi connectivity index (χ4v) is 2.37. The highest BCUT2D eigenvalue weighted by Gasteiger charge is 2.21. The minimum Gasteiger partial charge on any atom is -0.461 e. The van der Waals surface area contributed by atoms with Gasteiger partial charge in [-0.15, -0.1) is 0 Å². The van der Waals surface area contributed by atoms with Crippen molar-refractivity contribution < 1.29 is 13.9 Å². The number of aromatic nitrogens is 2. The highest BCUT2D eigenvalue weighted by atomic mass is 35.5. The third-order valence-corrected chi connectivity index (χ3v) is 3.33. The van der Waals surface area contributed by atoms with Gasteiger partial charge in [-0.3, -0.25) is 4.57 Å². The van der Waals surface area contributed by atoms with Gasteiger partial charge in [0.1, 0.15) is 11.6 Å². The van der Waals surface area contributed by atoms with Crippen LogP contribution in [0.5, 0.6) is 0 Å². The first-order valence-corrected chi connectivity index (χ1v) is 6.79. The van der Waals surface area contributed by atoms with Gasteiger partial charge in [0.2, 0.25) is 0 Å². The molecule has 0 fully saturated rings. The number of carbonyl (C=O) groups is 1. The summed E-state index contributed by atoms with van der Waals surface area (Å²) in [5.74, 6) is -0.848. The second-order valence-corrected chi connectivity index (χ2v) is 4.99. The Bertz CT molecular complexity index is 693. The summed E-state index contributed by atoms with van der Waals surface area (Å²) in [7, 11) is 0. The van der Waals surface area contributed by atoms with Crippen molar-refractivity contribution in [3.8, 4) is 5.69 Å². The number of esters is 1. The lowest BCUT2D eigenvalue weighted by atomic mass is 10.3. The molecule has 0 amide bonds. The third-order valence-electron chi connectivity index (χ3n) is 2.78. The van der Waals surface area contributed by atoms with Crippen molar-refractivity contribution in [1.29, 1.82) is 0 Å². The topological polar surface area (TPSA) is 70.1 Å². The fraction of sp³-hybridized carbons (Fsp3) is 0.231. The number of anilines is 1. The quantitative estimate of drug-likeness (QED) is 0.691. The Morgan fingerprint density at radius 1 is 1.43 bits per heavy atom. The summed E-state index contributed by atoms with van der Waals surface area (Å²) in [5.41, 5.74) is 6.32. The molecule has 1 heterocycles. The van der Waals surface area contributed by atoms with Gasteiger partial charge in [-0.1, -0.05) is 23.2 Å². The summed E-state index contributed by atoms with van der Waals surface area (Å²) in [6, 6.07) is 2.70. The van der Waals surface area contributed by atoms with Crippen molar-refractivity contribution in [3.63, 3.8) is 0 Å². The van der Waals surface area contributed by atoms with Crippen molar-refractivity contribution in [2.45, 2.75) is 13.8 Å². The number of halogens is 3. The van der Waals surface area contributed by atoms with E-state index in [4.69, 9.17) is 33.7 Å². The summed E-state index contributed by atoms with van der Waals surface area (Å²) >= 11 is 11.5. The molecule has 0 atom stereocenters. The number of aryl methyl sites for hydroxylation is 1. The van der Waals surface area contributed by atoms with Crippen LogP contribution in [0, 0.1) is 12.7 Å². The van der Waals surface area contributed by atoms with Gasteiger partial charge in [0.05, 0.1) is 22.3 Å². The molecule has 0 bridgehead atoms. The summed E-state index contributed by atoms with van der Waals surface area (Å²) in [5, 5.41) is -0.301. The standard InChI is InChI=1S/C13H12Cl2FN3O2/c1-3-21-13(20)11-12(17)19(6(2)18-11)7-4-8(14)10(16)9(15)5-7/h4-5H,3,17H2,1-2H3. The zero-order valence-electron chi connectivity index (χ0n) is 11.3. The first-order chi connectivity index (χ1) is 9.86. The van der Waals surface area contributed by atoms with Gasteiger partial charge in [-0.2, -0.15) is 0 Å². The monoisotopic (exact) mass is 331 g/mol. The van der Waals surface area contributed by atoms with Gasteiger partial charge < -0.3 is 10.5 Å². The summed E-state index contributed by atoms with van der Waals surface area (Å²) < 4.78 is 19.8. The molecular formula is C13H12Cl2FN3O2. The number of nitrogens with zero attached hydrogens (tertiary/aromatic N) is 2. The van der Waals surface area contributed by atoms with Gasteiger partial charge in [0.15, 0.2) is 11.5 Å². The predicted molar refractivity (Wildman–Crippen MR) is 78.6 cm³/mol. The molecule has 8 heteroatoms. The molecule has 0 aliphatic heterocycles. The maximum absolute atomic E-state index is 13.5. The van der Waals surface area contributed by atoms with Crippen LogP contribution in [0.1, 0.15) is 23.2 Å². The number of carbonyl (C=O) groups excluding carboxylic acids is 1. The van der Waals surface area contributed by atoms with Crippen molar-refractivity contribution in [1.82, 2.24) is 9.55 Å². The Hall–Kier alpha value is -1.79. The van der Waals surface area contributed by atoms with Crippen LogP contribution in [0.3, 0.4) is 0 Å². The van der Waals surface area contributed by atoms with E-state index >= 15 is 0 Å². The van der Waals surface area contributed by atoms with Crippen LogP contribution in [0.4, 0.5) is 10.2 Å². The van der Waals surface area contributed by atoms with Gasteiger partial charge in [0.25, 0.3) is 0 Å². The summed E-state index contributed by atoms with van der Waals surface area (Å²) in [6.45, 7) is 3.53. The molecular weight excluding hydrogens is 320 g/mol. The van der Waals surface area contributed by atoms with E-state index in [1.54, 1.807) is 13.8 Å². The Balaban J connectivity index is 2.58. The average Bonchev–Trinajstić information content (AvgIpc) is 2.71. The van der Waals surface area contributed by atoms with Gasteiger partial charge in [-0.25, -0.2) is 14.2 Å². The van der Waals surface area contributed by atoms with Crippen LogP contribution in [0.15, 0.2) is 12.1 Å². The summed E-state index contributed by atoms with van der Waals surface area (Å²) in [4.78, 5) is 15.8. The van der Waals surface area contributed by atoms with Crippen LogP contribution in [0.25, 0.3) is 5.69 Å². The number of hydrogen-bond acceptors (Lipinski definition) is 4. The van der Waals surface area contributed by atoms with Crippen LogP contribution < -0.4 is 5.73 Å². The van der Waals surface area contributed by atoms with E-state index in [0.29, 0.717) is 11.5 Å². The fourth-order valence-electron chi connectivity index (χ4n) is 1.90. The average molecular weight is 332 g/mol. The zero-order chi connectivity index (χ0) is 15.7. The molecule has 2 N–H and O–H groups in total. The van der Waals surface area contributed by atoms with E-state index in [-0.39, 0.29) is 28.2 Å². The van der Waals surface area contributed by atoms with E-state index in [1.165, 1.54) is 16.7 Å². The molecule has 0 aliphatic rings. The van der Waals surface area contributed by atoms with E-state index in [2.05, 4.69) is 4.98 Å². The summed E-state index contributed by atoms with van der Waals surface area (Å²) in [6.07, 6.45) is 0. The van der Waals surface area contributed by atoms with Gasteiger partial charge in [-0.05, 0) is 26.0 Å². The molecule has 21 heavy (non-hydrogen) atoms. The first-order valence-electron chi connectivity index (χ1n) is 6.03. The Kier molecular flexibility index (Phi) is 4.39. The minimum absolute atomic E-state index is 0.00841. The number of hydrogen-bond donors (Lipinski definition) is 1. The molecule has 0 unspecified atom stereocenters. The lowest BCUT2D eigenvalue weighted by Gasteiger charge is -2.09. The molecule has 2 aromatic rings. The van der Waals surface area contributed by atoms with E-state index < -0.39 is 11.8 Å². The lowest BCUT2D eigenvalue weighted by Crippen LogP contribution is -2.09. The molecule has 0 radical (unpaired) electrons. The number of benzene rings is 1. The molecule has 112 valence electrons. The van der Waals surface area contributed by atoms with Crippen LogP contribution in [-0.2, 0) is 4.74 Å². The third kappa shape index (κ3) is 2.82. The molecule has 1 aromatic carbocycles. The zero-order valence-corrected chi connectivity index (χ0v) is 12.8. The smallest absolute Gasteiger partial charge is 0.360 e. The predicted octanol–water partition coefficient (Wildman–Crippen LogP) is 3.39. The first kappa shape index (κ1) is 15.6. The van der Waals surface area contributed by atoms with Crippen LogP contribution in [-0.4, -0.2) is 22.1 Å². The second-order valence-electron chi connectivity index (χ2n) is 4.17. The second kappa shape index (κ2) is 5.91. The Labute approximate surface area is 130 Å². The molecule has 2 rings (SSSR count). The highest BCUT2D eigenvalue weighted by Crippen LogP contribution is 2.29.